The van der Waals surface area contributed by atoms with Crippen molar-refractivity contribution >= 4 is 33.3 Å². The zero-order valence-corrected chi connectivity index (χ0v) is 14.8. The maximum Gasteiger partial charge on any atom is 0.257 e. The number of hydrogen-bond acceptors (Lipinski definition) is 3. The maximum absolute atomic E-state index is 12.4. The number of carbonyl (C=O) groups excluding carboxylic acids is 1. The number of nitrogens with one attached hydrogen (secondary N) is 1. The summed E-state index contributed by atoms with van der Waals surface area (Å²) < 4.78 is 1.00. The molecule has 1 aromatic carbocycles. The summed E-state index contributed by atoms with van der Waals surface area (Å²) >= 11 is 3.43. The summed E-state index contributed by atoms with van der Waals surface area (Å²) in [7, 11) is 0. The summed E-state index contributed by atoms with van der Waals surface area (Å²) in [6.07, 6.45) is 5.39. The second-order valence-electron chi connectivity index (χ2n) is 5.87. The molecule has 0 atom stereocenters. The molecule has 120 valence electrons. The minimum Gasteiger partial charge on any atom is -0.357 e. The van der Waals surface area contributed by atoms with Crippen LogP contribution in [-0.4, -0.2) is 24.0 Å². The van der Waals surface area contributed by atoms with Gasteiger partial charge in [-0.05, 0) is 62.1 Å². The fraction of sp³-hybridized carbons (Fsp3) is 0.333. The summed E-state index contributed by atoms with van der Waals surface area (Å²) in [5, 5.41) is 2.94. The molecule has 0 aliphatic carbocycles. The molecule has 0 bridgehead atoms. The molecular formula is C18H20BrN3O. The van der Waals surface area contributed by atoms with Crippen molar-refractivity contribution in [3.8, 4) is 0 Å². The minimum absolute atomic E-state index is 0.131. The second-order valence-corrected chi connectivity index (χ2v) is 6.78. The van der Waals surface area contributed by atoms with E-state index in [1.807, 2.05) is 37.3 Å². The van der Waals surface area contributed by atoms with Gasteiger partial charge in [0.15, 0.2) is 0 Å². The van der Waals surface area contributed by atoms with Gasteiger partial charge in [0, 0.05) is 29.4 Å². The summed E-state index contributed by atoms with van der Waals surface area (Å²) in [6, 6.07) is 9.58. The predicted octanol–water partition coefficient (Wildman–Crippen LogP) is 4.40. The minimum atomic E-state index is -0.131. The lowest BCUT2D eigenvalue weighted by Crippen LogP contribution is -2.30. The van der Waals surface area contributed by atoms with Crippen LogP contribution in [0.5, 0.6) is 0 Å². The van der Waals surface area contributed by atoms with Gasteiger partial charge in [-0.1, -0.05) is 15.9 Å². The van der Waals surface area contributed by atoms with E-state index < -0.39 is 0 Å². The number of piperidine rings is 1. The van der Waals surface area contributed by atoms with E-state index in [4.69, 9.17) is 0 Å². The number of aryl methyl sites for hydroxylation is 1. The predicted molar refractivity (Wildman–Crippen MR) is 97.1 cm³/mol. The number of carbonyl (C=O) groups is 1. The molecule has 1 fully saturated rings. The Morgan fingerprint density at radius 2 is 1.96 bits per heavy atom. The molecule has 2 heterocycles. The highest BCUT2D eigenvalue weighted by Gasteiger charge is 2.13. The maximum atomic E-state index is 12.4. The van der Waals surface area contributed by atoms with Crippen LogP contribution in [0.2, 0.25) is 0 Å². The van der Waals surface area contributed by atoms with E-state index in [1.54, 1.807) is 6.20 Å². The van der Waals surface area contributed by atoms with Crippen molar-refractivity contribution in [2.45, 2.75) is 26.2 Å². The first-order valence-electron chi connectivity index (χ1n) is 7.92. The smallest absolute Gasteiger partial charge is 0.257 e. The topological polar surface area (TPSA) is 45.2 Å². The monoisotopic (exact) mass is 373 g/mol. The molecule has 1 amide bonds. The number of rotatable bonds is 3. The van der Waals surface area contributed by atoms with Gasteiger partial charge in [-0.25, -0.2) is 4.98 Å². The first-order valence-corrected chi connectivity index (χ1v) is 8.71. The van der Waals surface area contributed by atoms with E-state index in [0.717, 1.165) is 34.6 Å². The van der Waals surface area contributed by atoms with Gasteiger partial charge < -0.3 is 10.2 Å². The standard InChI is InChI=1S/C18H20BrN3O/c1-13-11-15(19)6-7-16(13)21-18(23)14-5-8-17(20-12-14)22-9-3-2-4-10-22/h5-8,11-12H,2-4,9-10H2,1H3,(H,21,23). The third-order valence-corrected chi connectivity index (χ3v) is 4.62. The van der Waals surface area contributed by atoms with Crippen molar-refractivity contribution in [3.05, 3.63) is 52.1 Å². The summed E-state index contributed by atoms with van der Waals surface area (Å²) in [5.74, 6) is 0.828. The van der Waals surface area contributed by atoms with Crippen molar-refractivity contribution in [1.82, 2.24) is 4.98 Å². The highest BCUT2D eigenvalue weighted by Crippen LogP contribution is 2.21. The lowest BCUT2D eigenvalue weighted by Gasteiger charge is -2.27. The van der Waals surface area contributed by atoms with E-state index in [2.05, 4.69) is 31.1 Å². The third-order valence-electron chi connectivity index (χ3n) is 4.13. The number of aromatic nitrogens is 1. The van der Waals surface area contributed by atoms with Gasteiger partial charge in [0.05, 0.1) is 5.56 Å². The summed E-state index contributed by atoms with van der Waals surface area (Å²) in [5.41, 5.74) is 2.41. The molecule has 2 aromatic rings. The molecule has 23 heavy (non-hydrogen) atoms. The SMILES string of the molecule is Cc1cc(Br)ccc1NC(=O)c1ccc(N2CCCCC2)nc1. The van der Waals surface area contributed by atoms with Gasteiger partial charge in [0.25, 0.3) is 5.91 Å². The van der Waals surface area contributed by atoms with E-state index in [-0.39, 0.29) is 5.91 Å². The van der Waals surface area contributed by atoms with Crippen LogP contribution in [-0.2, 0) is 0 Å². The molecule has 3 rings (SSSR count). The Labute approximate surface area is 145 Å². The van der Waals surface area contributed by atoms with Crippen LogP contribution in [0.4, 0.5) is 11.5 Å². The number of pyridine rings is 1. The highest BCUT2D eigenvalue weighted by atomic mass is 79.9. The number of hydrogen-bond donors (Lipinski definition) is 1. The van der Waals surface area contributed by atoms with Gasteiger partial charge in [0.2, 0.25) is 0 Å². The average molecular weight is 374 g/mol. The zero-order valence-electron chi connectivity index (χ0n) is 13.2. The molecule has 0 radical (unpaired) electrons. The molecule has 0 unspecified atom stereocenters. The van der Waals surface area contributed by atoms with Gasteiger partial charge >= 0.3 is 0 Å². The Kier molecular flexibility index (Phi) is 4.96. The van der Waals surface area contributed by atoms with E-state index in [0.29, 0.717) is 5.56 Å². The van der Waals surface area contributed by atoms with Crippen molar-refractivity contribution in [2.24, 2.45) is 0 Å². The fourth-order valence-corrected chi connectivity index (χ4v) is 3.27. The normalized spacial score (nSPS) is 14.6. The van der Waals surface area contributed by atoms with Gasteiger partial charge in [-0.3, -0.25) is 4.79 Å². The molecule has 1 saturated heterocycles. The molecular weight excluding hydrogens is 354 g/mol. The number of amides is 1. The molecule has 0 saturated carbocycles. The zero-order chi connectivity index (χ0) is 16.2. The number of benzene rings is 1. The molecule has 1 aromatic heterocycles. The van der Waals surface area contributed by atoms with Crippen molar-refractivity contribution in [1.29, 1.82) is 0 Å². The van der Waals surface area contributed by atoms with Crippen LogP contribution < -0.4 is 10.2 Å². The molecule has 1 N–H and O–H groups in total. The molecule has 4 nitrogen and oxygen atoms in total. The molecule has 1 aliphatic heterocycles. The van der Waals surface area contributed by atoms with Crippen LogP contribution in [0.1, 0.15) is 35.2 Å². The van der Waals surface area contributed by atoms with E-state index in [1.165, 1.54) is 19.3 Å². The van der Waals surface area contributed by atoms with Crippen LogP contribution in [0.15, 0.2) is 41.0 Å². The van der Waals surface area contributed by atoms with Crippen LogP contribution in [0.25, 0.3) is 0 Å². The second kappa shape index (κ2) is 7.13. The van der Waals surface area contributed by atoms with Crippen LogP contribution in [0, 0.1) is 6.92 Å². The van der Waals surface area contributed by atoms with Crippen molar-refractivity contribution in [3.63, 3.8) is 0 Å². The first-order chi connectivity index (χ1) is 11.1. The number of halogens is 1. The van der Waals surface area contributed by atoms with Gasteiger partial charge in [-0.2, -0.15) is 0 Å². The Hall–Kier alpha value is -1.88. The van der Waals surface area contributed by atoms with Crippen LogP contribution in [0.3, 0.4) is 0 Å². The van der Waals surface area contributed by atoms with Crippen molar-refractivity contribution in [2.75, 3.05) is 23.3 Å². The van der Waals surface area contributed by atoms with Crippen LogP contribution >= 0.6 is 15.9 Å². The van der Waals surface area contributed by atoms with Gasteiger partial charge in [-0.15, -0.1) is 0 Å². The van der Waals surface area contributed by atoms with E-state index in [9.17, 15) is 4.79 Å². The lowest BCUT2D eigenvalue weighted by atomic mass is 10.1. The Morgan fingerprint density at radius 3 is 2.61 bits per heavy atom. The largest absolute Gasteiger partial charge is 0.357 e. The molecule has 1 aliphatic rings. The quantitative estimate of drug-likeness (QED) is 0.867. The van der Waals surface area contributed by atoms with Crippen molar-refractivity contribution < 1.29 is 4.79 Å². The average Bonchev–Trinajstić information content (AvgIpc) is 2.58. The Morgan fingerprint density at radius 1 is 1.17 bits per heavy atom. The molecule has 5 heteroatoms. The highest BCUT2D eigenvalue weighted by molar-refractivity contribution is 9.10. The fourth-order valence-electron chi connectivity index (χ4n) is 2.79. The summed E-state index contributed by atoms with van der Waals surface area (Å²) in [6.45, 7) is 4.07. The Bertz CT molecular complexity index is 694. The first kappa shape index (κ1) is 16.0. The molecule has 0 spiro atoms. The van der Waals surface area contributed by atoms with Gasteiger partial charge in [0.1, 0.15) is 5.82 Å². The number of anilines is 2. The Balaban J connectivity index is 1.69. The third kappa shape index (κ3) is 3.91. The number of nitrogens with zero attached hydrogens (tertiary/aromatic N) is 2. The lowest BCUT2D eigenvalue weighted by molar-refractivity contribution is 0.102. The summed E-state index contributed by atoms with van der Waals surface area (Å²) in [4.78, 5) is 19.1. The van der Waals surface area contributed by atoms with E-state index >= 15 is 0 Å².